The molecule has 0 spiro atoms. The zero-order valence-corrected chi connectivity index (χ0v) is 18.8. The van der Waals surface area contributed by atoms with Crippen molar-refractivity contribution in [3.63, 3.8) is 0 Å². The number of aromatic nitrogens is 4. The third-order valence-electron chi connectivity index (χ3n) is 6.32. The van der Waals surface area contributed by atoms with E-state index in [4.69, 9.17) is 9.40 Å². The molecule has 1 aliphatic rings. The number of H-pyrrole nitrogens is 1. The summed E-state index contributed by atoms with van der Waals surface area (Å²) in [5, 5.41) is 10.4. The maximum atomic E-state index is 12.1. The number of aromatic amines is 1. The van der Waals surface area contributed by atoms with E-state index in [1.165, 1.54) is 24.2 Å². The van der Waals surface area contributed by atoms with Gasteiger partial charge in [-0.2, -0.15) is 5.26 Å². The van der Waals surface area contributed by atoms with Crippen molar-refractivity contribution in [2.45, 2.75) is 38.1 Å². The molecule has 0 bridgehead atoms. The standard InChI is InChI=1S/C25H26N6O2/c1-30(2)25(32)16(14-26)8-9-18-10-11-21(33-18)24-29-20-15-28-23-19(12-13-27-23)22(20)31(24)17-6-4-3-5-7-17/h8-13,15-17H,3-7H2,1-2H3,(H,27,28). The summed E-state index contributed by atoms with van der Waals surface area (Å²) in [6.07, 6.45) is 12.9. The van der Waals surface area contributed by atoms with E-state index >= 15 is 0 Å². The van der Waals surface area contributed by atoms with Crippen molar-refractivity contribution in [2.75, 3.05) is 14.1 Å². The van der Waals surface area contributed by atoms with E-state index in [1.807, 2.05) is 30.6 Å². The van der Waals surface area contributed by atoms with Crippen molar-refractivity contribution in [3.8, 4) is 17.7 Å². The number of furan rings is 1. The number of carbonyl (C=O) groups excluding carboxylic acids is 1. The monoisotopic (exact) mass is 442 g/mol. The van der Waals surface area contributed by atoms with Gasteiger partial charge in [-0.3, -0.25) is 4.79 Å². The molecule has 5 rings (SSSR count). The Morgan fingerprint density at radius 2 is 2.12 bits per heavy atom. The summed E-state index contributed by atoms with van der Waals surface area (Å²) in [6.45, 7) is 0. The predicted molar refractivity (Wildman–Crippen MR) is 126 cm³/mol. The largest absolute Gasteiger partial charge is 0.453 e. The van der Waals surface area contributed by atoms with E-state index in [2.05, 4.69) is 20.6 Å². The first-order chi connectivity index (χ1) is 16.1. The van der Waals surface area contributed by atoms with E-state index in [1.54, 1.807) is 26.2 Å². The average molecular weight is 443 g/mol. The number of nitriles is 1. The fourth-order valence-corrected chi connectivity index (χ4v) is 4.67. The van der Waals surface area contributed by atoms with Gasteiger partial charge in [0.05, 0.1) is 17.8 Å². The Hall–Kier alpha value is -3.86. The van der Waals surface area contributed by atoms with E-state index < -0.39 is 5.92 Å². The van der Waals surface area contributed by atoms with Crippen molar-refractivity contribution in [1.82, 2.24) is 24.4 Å². The van der Waals surface area contributed by atoms with Crippen LogP contribution in [0.3, 0.4) is 0 Å². The zero-order chi connectivity index (χ0) is 22.9. The van der Waals surface area contributed by atoms with Crippen LogP contribution >= 0.6 is 0 Å². The highest BCUT2D eigenvalue weighted by Gasteiger charge is 2.25. The van der Waals surface area contributed by atoms with E-state index in [0.717, 1.165) is 40.7 Å². The van der Waals surface area contributed by atoms with Crippen LogP contribution in [0.4, 0.5) is 0 Å². The van der Waals surface area contributed by atoms with Crippen LogP contribution in [0, 0.1) is 17.2 Å². The summed E-state index contributed by atoms with van der Waals surface area (Å²) in [7, 11) is 3.27. The molecule has 4 aromatic heterocycles. The molecule has 1 atom stereocenters. The van der Waals surface area contributed by atoms with Gasteiger partial charge in [-0.15, -0.1) is 0 Å². The molecule has 1 aliphatic carbocycles. The second-order valence-corrected chi connectivity index (χ2v) is 8.73. The van der Waals surface area contributed by atoms with Gasteiger partial charge in [-0.1, -0.05) is 25.3 Å². The predicted octanol–water partition coefficient (Wildman–Crippen LogP) is 4.92. The van der Waals surface area contributed by atoms with Gasteiger partial charge < -0.3 is 18.9 Å². The minimum absolute atomic E-state index is 0.261. The molecular formula is C25H26N6O2. The van der Waals surface area contributed by atoms with Crippen molar-refractivity contribution in [3.05, 3.63) is 42.4 Å². The number of amides is 1. The smallest absolute Gasteiger partial charge is 0.243 e. The molecule has 0 radical (unpaired) electrons. The summed E-state index contributed by atoms with van der Waals surface area (Å²) in [4.78, 5) is 26.2. The third kappa shape index (κ3) is 3.80. The molecule has 4 aromatic rings. The topological polar surface area (TPSA) is 104 Å². The quantitative estimate of drug-likeness (QED) is 0.472. The number of nitrogens with zero attached hydrogens (tertiary/aromatic N) is 5. The minimum Gasteiger partial charge on any atom is -0.453 e. The molecule has 8 nitrogen and oxygen atoms in total. The summed E-state index contributed by atoms with van der Waals surface area (Å²) >= 11 is 0. The number of carbonyl (C=O) groups is 1. The highest BCUT2D eigenvalue weighted by molar-refractivity contribution is 6.02. The number of hydrogen-bond donors (Lipinski definition) is 1. The van der Waals surface area contributed by atoms with Crippen molar-refractivity contribution < 1.29 is 9.21 Å². The molecule has 1 unspecified atom stereocenters. The number of fused-ring (bicyclic) bond motifs is 3. The molecular weight excluding hydrogens is 416 g/mol. The van der Waals surface area contributed by atoms with Gasteiger partial charge in [-0.25, -0.2) is 9.97 Å². The summed E-state index contributed by atoms with van der Waals surface area (Å²) in [6, 6.07) is 8.17. The Morgan fingerprint density at radius 1 is 1.30 bits per heavy atom. The second kappa shape index (κ2) is 8.58. The summed E-state index contributed by atoms with van der Waals surface area (Å²) in [5.74, 6) is 0.903. The maximum absolute atomic E-state index is 12.1. The molecule has 0 aromatic carbocycles. The molecule has 0 saturated heterocycles. The Kier molecular flexibility index (Phi) is 5.47. The van der Waals surface area contributed by atoms with E-state index in [-0.39, 0.29) is 5.91 Å². The lowest BCUT2D eigenvalue weighted by Crippen LogP contribution is -2.27. The first kappa shape index (κ1) is 21.0. The van der Waals surface area contributed by atoms with Crippen molar-refractivity contribution >= 4 is 34.1 Å². The lowest BCUT2D eigenvalue weighted by atomic mass is 9.95. The van der Waals surface area contributed by atoms with Gasteiger partial charge in [0.15, 0.2) is 11.6 Å². The minimum atomic E-state index is -0.853. The van der Waals surface area contributed by atoms with Gasteiger partial charge in [-0.05, 0) is 37.1 Å². The molecule has 33 heavy (non-hydrogen) atoms. The summed E-state index contributed by atoms with van der Waals surface area (Å²) in [5.41, 5.74) is 2.78. The van der Waals surface area contributed by atoms with Crippen LogP contribution in [-0.2, 0) is 4.79 Å². The SMILES string of the molecule is CN(C)C(=O)C(C#N)C=Cc1ccc(-c2nc3cnc4[nH]ccc4c3n2C2CCCCC2)o1. The number of nitrogens with one attached hydrogen (secondary N) is 1. The molecule has 1 amide bonds. The number of pyridine rings is 1. The number of rotatable bonds is 5. The Labute approximate surface area is 191 Å². The number of imidazole rings is 1. The molecule has 168 valence electrons. The van der Waals surface area contributed by atoms with Crippen molar-refractivity contribution in [2.24, 2.45) is 5.92 Å². The lowest BCUT2D eigenvalue weighted by Gasteiger charge is -2.25. The lowest BCUT2D eigenvalue weighted by molar-refractivity contribution is -0.129. The highest BCUT2D eigenvalue weighted by atomic mass is 16.3. The van der Waals surface area contributed by atoms with Crippen LogP contribution in [0.15, 0.2) is 41.1 Å². The highest BCUT2D eigenvalue weighted by Crippen LogP contribution is 2.38. The van der Waals surface area contributed by atoms with E-state index in [9.17, 15) is 10.1 Å². The average Bonchev–Trinajstić information content (AvgIpc) is 3.56. The fourth-order valence-electron chi connectivity index (χ4n) is 4.67. The number of hydrogen-bond acceptors (Lipinski definition) is 5. The first-order valence-electron chi connectivity index (χ1n) is 11.3. The van der Waals surface area contributed by atoms with Gasteiger partial charge in [0, 0.05) is 31.7 Å². The van der Waals surface area contributed by atoms with Crippen LogP contribution in [0.1, 0.15) is 43.9 Å². The van der Waals surface area contributed by atoms with Crippen LogP contribution in [-0.4, -0.2) is 44.4 Å². The van der Waals surface area contributed by atoms with E-state index in [0.29, 0.717) is 17.6 Å². The molecule has 4 heterocycles. The normalized spacial score (nSPS) is 15.9. The Bertz CT molecular complexity index is 1380. The Morgan fingerprint density at radius 3 is 2.88 bits per heavy atom. The molecule has 1 fully saturated rings. The summed E-state index contributed by atoms with van der Waals surface area (Å²) < 4.78 is 8.45. The second-order valence-electron chi connectivity index (χ2n) is 8.73. The van der Waals surface area contributed by atoms with Gasteiger partial charge in [0.1, 0.15) is 22.8 Å². The van der Waals surface area contributed by atoms with Crippen LogP contribution in [0.2, 0.25) is 0 Å². The molecule has 8 heteroatoms. The fraction of sp³-hybridized carbons (Fsp3) is 0.360. The molecule has 0 aliphatic heterocycles. The Balaban J connectivity index is 1.57. The zero-order valence-electron chi connectivity index (χ0n) is 18.8. The maximum Gasteiger partial charge on any atom is 0.243 e. The van der Waals surface area contributed by atoms with Crippen LogP contribution in [0.5, 0.6) is 0 Å². The van der Waals surface area contributed by atoms with Gasteiger partial charge >= 0.3 is 0 Å². The molecule has 1 saturated carbocycles. The first-order valence-corrected chi connectivity index (χ1v) is 11.3. The van der Waals surface area contributed by atoms with Gasteiger partial charge in [0.25, 0.3) is 0 Å². The third-order valence-corrected chi connectivity index (χ3v) is 6.32. The van der Waals surface area contributed by atoms with Crippen LogP contribution in [0.25, 0.3) is 39.7 Å². The van der Waals surface area contributed by atoms with Crippen molar-refractivity contribution in [1.29, 1.82) is 5.26 Å². The van der Waals surface area contributed by atoms with Gasteiger partial charge in [0.2, 0.25) is 5.91 Å². The molecule has 1 N–H and O–H groups in total. The van der Waals surface area contributed by atoms with Crippen LogP contribution < -0.4 is 0 Å².